The van der Waals surface area contributed by atoms with Gasteiger partial charge in [0.1, 0.15) is 5.75 Å². The molecule has 1 amide bonds. The Hall–Kier alpha value is -2.64. The predicted molar refractivity (Wildman–Crippen MR) is 96.1 cm³/mol. The number of rotatable bonds is 7. The Labute approximate surface area is 149 Å². The van der Waals surface area contributed by atoms with Gasteiger partial charge in [-0.2, -0.15) is 0 Å². The number of methoxy groups -OCH3 is 1. The third-order valence-electron chi connectivity index (χ3n) is 3.51. The minimum Gasteiger partial charge on any atom is -0.496 e. The zero-order chi connectivity index (χ0) is 17.6. The number of amides is 1. The van der Waals surface area contributed by atoms with Crippen LogP contribution in [-0.4, -0.2) is 24.6 Å². The first-order chi connectivity index (χ1) is 12.2. The summed E-state index contributed by atoms with van der Waals surface area (Å²) in [4.78, 5) is 16.5. The molecule has 0 bridgehead atoms. The quantitative estimate of drug-likeness (QED) is 0.685. The molecule has 0 spiro atoms. The number of carbonyl (C=O) groups excluding carboxylic acids is 1. The summed E-state index contributed by atoms with van der Waals surface area (Å²) in [6.45, 7) is 3.05. The van der Waals surface area contributed by atoms with Crippen LogP contribution in [0, 0.1) is 0 Å². The molecule has 2 heterocycles. The average Bonchev–Trinajstić information content (AvgIpc) is 3.31. The number of aromatic nitrogens is 1. The van der Waals surface area contributed by atoms with Gasteiger partial charge in [0, 0.05) is 23.1 Å². The van der Waals surface area contributed by atoms with E-state index in [1.54, 1.807) is 19.2 Å². The Morgan fingerprint density at radius 2 is 2.24 bits per heavy atom. The first-order valence-corrected chi connectivity index (χ1v) is 8.64. The number of nitrogens with one attached hydrogen (secondary N) is 1. The number of nitrogens with zero attached hydrogens (tertiary/aromatic N) is 1. The topological polar surface area (TPSA) is 73.6 Å². The number of benzene rings is 1. The summed E-state index contributed by atoms with van der Waals surface area (Å²) >= 11 is 1.36. The molecule has 25 heavy (non-hydrogen) atoms. The fraction of sp³-hybridized carbons (Fsp3) is 0.222. The van der Waals surface area contributed by atoms with Gasteiger partial charge in [0.15, 0.2) is 10.9 Å². The van der Waals surface area contributed by atoms with Crippen LogP contribution in [0.25, 0.3) is 11.3 Å². The van der Waals surface area contributed by atoms with Gasteiger partial charge in [0.05, 0.1) is 25.7 Å². The van der Waals surface area contributed by atoms with Crippen molar-refractivity contribution in [3.05, 3.63) is 53.3 Å². The Bertz CT molecular complexity index is 843. The van der Waals surface area contributed by atoms with Crippen LogP contribution in [-0.2, 0) is 11.3 Å². The Morgan fingerprint density at radius 3 is 2.96 bits per heavy atom. The number of anilines is 1. The maximum absolute atomic E-state index is 12.0. The van der Waals surface area contributed by atoms with Crippen LogP contribution in [0.3, 0.4) is 0 Å². The molecule has 1 aromatic carbocycles. The predicted octanol–water partition coefficient (Wildman–Crippen LogP) is 4.20. The molecule has 6 nitrogen and oxygen atoms in total. The normalized spacial score (nSPS) is 10.6. The molecule has 130 valence electrons. The van der Waals surface area contributed by atoms with Crippen LogP contribution in [0.4, 0.5) is 5.13 Å². The zero-order valence-corrected chi connectivity index (χ0v) is 14.8. The third kappa shape index (κ3) is 4.07. The van der Waals surface area contributed by atoms with E-state index < -0.39 is 0 Å². The van der Waals surface area contributed by atoms with Gasteiger partial charge in [0.25, 0.3) is 5.91 Å². The van der Waals surface area contributed by atoms with E-state index in [-0.39, 0.29) is 11.7 Å². The van der Waals surface area contributed by atoms with E-state index in [2.05, 4.69) is 10.3 Å². The molecule has 0 fully saturated rings. The standard InChI is InChI=1S/C18H18N2O4S/c1-3-23-10-13-9-12(6-7-15(13)22-2)14-11-25-18(19-14)20-17(21)16-5-4-8-24-16/h4-9,11H,3,10H2,1-2H3,(H,19,20,21). The molecule has 1 N–H and O–H groups in total. The first kappa shape index (κ1) is 17.2. The smallest absolute Gasteiger partial charge is 0.293 e. The van der Waals surface area contributed by atoms with Gasteiger partial charge in [-0.25, -0.2) is 4.98 Å². The van der Waals surface area contributed by atoms with Crippen molar-refractivity contribution in [3.63, 3.8) is 0 Å². The van der Waals surface area contributed by atoms with Crippen molar-refractivity contribution in [2.75, 3.05) is 19.0 Å². The number of hydrogen-bond acceptors (Lipinski definition) is 6. The van der Waals surface area contributed by atoms with E-state index in [1.165, 1.54) is 17.6 Å². The average molecular weight is 358 g/mol. The number of ether oxygens (including phenoxy) is 2. The molecule has 0 saturated carbocycles. The minimum absolute atomic E-state index is 0.250. The lowest BCUT2D eigenvalue weighted by Crippen LogP contribution is -2.10. The first-order valence-electron chi connectivity index (χ1n) is 7.76. The summed E-state index contributed by atoms with van der Waals surface area (Å²) in [5.41, 5.74) is 2.67. The SMILES string of the molecule is CCOCc1cc(-c2csc(NC(=O)c3ccco3)n2)ccc1OC. The lowest BCUT2D eigenvalue weighted by molar-refractivity contribution is 0.0996. The molecular weight excluding hydrogens is 340 g/mol. The Morgan fingerprint density at radius 1 is 1.36 bits per heavy atom. The molecule has 3 aromatic rings. The van der Waals surface area contributed by atoms with Crippen LogP contribution in [0.5, 0.6) is 5.75 Å². The van der Waals surface area contributed by atoms with Crippen molar-refractivity contribution in [3.8, 4) is 17.0 Å². The largest absolute Gasteiger partial charge is 0.496 e. The molecule has 0 aliphatic carbocycles. The van der Waals surface area contributed by atoms with Crippen LogP contribution in [0.2, 0.25) is 0 Å². The monoisotopic (exact) mass is 358 g/mol. The van der Waals surface area contributed by atoms with E-state index in [0.717, 1.165) is 22.6 Å². The molecule has 0 unspecified atom stereocenters. The second kappa shape index (κ2) is 7.96. The van der Waals surface area contributed by atoms with Gasteiger partial charge in [-0.3, -0.25) is 10.1 Å². The number of thiazole rings is 1. The third-order valence-corrected chi connectivity index (χ3v) is 4.27. The van der Waals surface area contributed by atoms with E-state index in [9.17, 15) is 4.79 Å². The highest BCUT2D eigenvalue weighted by Crippen LogP contribution is 2.29. The summed E-state index contributed by atoms with van der Waals surface area (Å²) in [5.74, 6) is 0.705. The molecule has 0 aliphatic heterocycles. The van der Waals surface area contributed by atoms with Gasteiger partial charge >= 0.3 is 0 Å². The summed E-state index contributed by atoms with van der Waals surface area (Å²) < 4.78 is 15.9. The molecule has 0 atom stereocenters. The molecule has 2 aromatic heterocycles. The number of carbonyl (C=O) groups is 1. The van der Waals surface area contributed by atoms with Gasteiger partial charge < -0.3 is 13.9 Å². The van der Waals surface area contributed by atoms with E-state index in [4.69, 9.17) is 13.9 Å². The van der Waals surface area contributed by atoms with Crippen molar-refractivity contribution in [2.24, 2.45) is 0 Å². The van der Waals surface area contributed by atoms with Crippen LogP contribution < -0.4 is 10.1 Å². The molecule has 7 heteroatoms. The van der Waals surface area contributed by atoms with Gasteiger partial charge in [-0.1, -0.05) is 0 Å². The van der Waals surface area contributed by atoms with Gasteiger partial charge in [-0.15, -0.1) is 11.3 Å². The molecule has 0 radical (unpaired) electrons. The van der Waals surface area contributed by atoms with Crippen molar-refractivity contribution < 1.29 is 18.7 Å². The van der Waals surface area contributed by atoms with Crippen LogP contribution in [0.15, 0.2) is 46.4 Å². The second-order valence-electron chi connectivity index (χ2n) is 5.13. The van der Waals surface area contributed by atoms with E-state index >= 15 is 0 Å². The highest BCUT2D eigenvalue weighted by Gasteiger charge is 2.13. The number of hydrogen-bond donors (Lipinski definition) is 1. The fourth-order valence-corrected chi connectivity index (χ4v) is 3.01. The lowest BCUT2D eigenvalue weighted by Gasteiger charge is -2.10. The van der Waals surface area contributed by atoms with Crippen LogP contribution >= 0.6 is 11.3 Å². The van der Waals surface area contributed by atoms with Crippen molar-refractivity contribution in [2.45, 2.75) is 13.5 Å². The molecule has 0 aliphatic rings. The maximum atomic E-state index is 12.0. The highest BCUT2D eigenvalue weighted by atomic mass is 32.1. The molecule has 0 saturated heterocycles. The van der Waals surface area contributed by atoms with Crippen LogP contribution in [0.1, 0.15) is 23.0 Å². The zero-order valence-electron chi connectivity index (χ0n) is 13.9. The minimum atomic E-state index is -0.322. The highest BCUT2D eigenvalue weighted by molar-refractivity contribution is 7.14. The van der Waals surface area contributed by atoms with Crippen molar-refractivity contribution >= 4 is 22.4 Å². The van der Waals surface area contributed by atoms with Crippen molar-refractivity contribution in [1.29, 1.82) is 0 Å². The van der Waals surface area contributed by atoms with E-state index in [0.29, 0.717) is 18.3 Å². The van der Waals surface area contributed by atoms with Gasteiger partial charge in [-0.05, 0) is 37.3 Å². The maximum Gasteiger partial charge on any atom is 0.293 e. The lowest BCUT2D eigenvalue weighted by atomic mass is 10.1. The summed E-state index contributed by atoms with van der Waals surface area (Å²) in [5, 5.41) is 5.14. The molecular formula is C18H18N2O4S. The molecule has 3 rings (SSSR count). The Kier molecular flexibility index (Phi) is 5.47. The van der Waals surface area contributed by atoms with Crippen molar-refractivity contribution in [1.82, 2.24) is 4.98 Å². The Balaban J connectivity index is 1.78. The summed E-state index contributed by atoms with van der Waals surface area (Å²) in [6.07, 6.45) is 1.46. The fourth-order valence-electron chi connectivity index (χ4n) is 2.29. The number of furan rings is 1. The second-order valence-corrected chi connectivity index (χ2v) is 5.99. The summed E-state index contributed by atoms with van der Waals surface area (Å²) in [6, 6.07) is 9.08. The van der Waals surface area contributed by atoms with E-state index in [1.807, 2.05) is 30.5 Å². The van der Waals surface area contributed by atoms with Gasteiger partial charge in [0.2, 0.25) is 0 Å². The summed E-state index contributed by atoms with van der Waals surface area (Å²) in [7, 11) is 1.63.